The van der Waals surface area contributed by atoms with E-state index in [4.69, 9.17) is 4.74 Å². The molecule has 0 radical (unpaired) electrons. The molecule has 118 valence electrons. The van der Waals surface area contributed by atoms with Gasteiger partial charge in [0, 0.05) is 39.5 Å². The highest BCUT2D eigenvalue weighted by Crippen LogP contribution is 2.28. The Morgan fingerprint density at radius 1 is 1.38 bits per heavy atom. The zero-order chi connectivity index (χ0) is 15.1. The van der Waals surface area contributed by atoms with Gasteiger partial charge in [-0.1, -0.05) is 25.8 Å². The molecule has 1 saturated carbocycles. The average molecular weight is 291 g/mol. The molecule has 1 aliphatic rings. The monoisotopic (exact) mass is 291 g/mol. The van der Waals surface area contributed by atoms with Gasteiger partial charge in [0.05, 0.1) is 6.61 Å². The minimum Gasteiger partial charge on any atom is -0.383 e. The molecule has 0 saturated heterocycles. The Kier molecular flexibility index (Phi) is 6.46. The van der Waals surface area contributed by atoms with Crippen LogP contribution in [-0.4, -0.2) is 38.3 Å². The predicted molar refractivity (Wildman–Crippen MR) is 87.6 cm³/mol. The van der Waals surface area contributed by atoms with Crippen LogP contribution in [0.3, 0.4) is 0 Å². The van der Waals surface area contributed by atoms with E-state index < -0.39 is 0 Å². The first-order chi connectivity index (χ1) is 10.2. The van der Waals surface area contributed by atoms with Crippen LogP contribution < -0.4 is 10.2 Å². The van der Waals surface area contributed by atoms with Gasteiger partial charge in [-0.3, -0.25) is 0 Å². The Bertz CT molecular complexity index is 407. The molecule has 0 aromatic carbocycles. The van der Waals surface area contributed by atoms with E-state index in [1.54, 1.807) is 7.11 Å². The summed E-state index contributed by atoms with van der Waals surface area (Å²) in [5.74, 6) is 1.94. The third-order valence-electron chi connectivity index (χ3n) is 4.44. The van der Waals surface area contributed by atoms with Gasteiger partial charge in [-0.25, -0.2) is 4.98 Å². The lowest BCUT2D eigenvalue weighted by atomic mass is 9.86. The number of nitrogens with one attached hydrogen (secondary N) is 1. The van der Waals surface area contributed by atoms with Crippen LogP contribution in [0.5, 0.6) is 0 Å². The lowest BCUT2D eigenvalue weighted by Gasteiger charge is -2.34. The molecule has 21 heavy (non-hydrogen) atoms. The quantitative estimate of drug-likeness (QED) is 0.784. The minimum atomic E-state index is 0.645. The van der Waals surface area contributed by atoms with Crippen LogP contribution in [-0.2, 0) is 11.3 Å². The van der Waals surface area contributed by atoms with Crippen LogP contribution in [0, 0.1) is 5.92 Å². The van der Waals surface area contributed by atoms with Gasteiger partial charge >= 0.3 is 0 Å². The normalized spacial score (nSPS) is 22.2. The van der Waals surface area contributed by atoms with Crippen molar-refractivity contribution in [3.05, 3.63) is 23.9 Å². The maximum absolute atomic E-state index is 5.02. The van der Waals surface area contributed by atoms with Crippen LogP contribution in [0.1, 0.15) is 38.2 Å². The summed E-state index contributed by atoms with van der Waals surface area (Å²) in [5, 5.41) is 3.34. The lowest BCUT2D eigenvalue weighted by Crippen LogP contribution is -2.36. The standard InChI is InChI=1S/C17H29N3O/c1-14-5-4-6-16(11-14)20(2)17-8-7-15(13-19-17)12-18-9-10-21-3/h7-8,13-14,16,18H,4-6,9-12H2,1-3H3. The fourth-order valence-electron chi connectivity index (χ4n) is 3.08. The molecule has 2 atom stereocenters. The second-order valence-corrected chi connectivity index (χ2v) is 6.23. The van der Waals surface area contributed by atoms with Gasteiger partial charge in [-0.2, -0.15) is 0 Å². The van der Waals surface area contributed by atoms with E-state index in [1.165, 1.54) is 31.2 Å². The number of hydrogen-bond acceptors (Lipinski definition) is 4. The maximum Gasteiger partial charge on any atom is 0.128 e. The number of ether oxygens (including phenoxy) is 1. The van der Waals surface area contributed by atoms with E-state index in [1.807, 2.05) is 6.20 Å². The molecule has 1 heterocycles. The van der Waals surface area contributed by atoms with Crippen molar-refractivity contribution < 1.29 is 4.74 Å². The van der Waals surface area contributed by atoms with Crippen molar-refractivity contribution in [1.82, 2.24) is 10.3 Å². The predicted octanol–water partition coefficient (Wildman–Crippen LogP) is 2.83. The molecule has 4 nitrogen and oxygen atoms in total. The van der Waals surface area contributed by atoms with E-state index in [2.05, 4.69) is 41.3 Å². The summed E-state index contributed by atoms with van der Waals surface area (Å²) in [7, 11) is 3.90. The molecule has 1 N–H and O–H groups in total. The Labute approximate surface area is 128 Å². The first kappa shape index (κ1) is 16.2. The van der Waals surface area contributed by atoms with E-state index in [9.17, 15) is 0 Å². The highest BCUT2D eigenvalue weighted by atomic mass is 16.5. The van der Waals surface area contributed by atoms with Crippen LogP contribution >= 0.6 is 0 Å². The molecule has 4 heteroatoms. The van der Waals surface area contributed by atoms with Crippen LogP contribution in [0.25, 0.3) is 0 Å². The SMILES string of the molecule is COCCNCc1ccc(N(C)C2CCCC(C)C2)nc1. The smallest absolute Gasteiger partial charge is 0.128 e. The summed E-state index contributed by atoms with van der Waals surface area (Å²) in [6.07, 6.45) is 7.29. The number of anilines is 1. The lowest BCUT2D eigenvalue weighted by molar-refractivity contribution is 0.199. The summed E-state index contributed by atoms with van der Waals surface area (Å²) in [4.78, 5) is 6.99. The second kappa shape index (κ2) is 8.35. The molecule has 2 unspecified atom stereocenters. The van der Waals surface area contributed by atoms with E-state index >= 15 is 0 Å². The van der Waals surface area contributed by atoms with Crippen molar-refractivity contribution in [2.75, 3.05) is 32.2 Å². The van der Waals surface area contributed by atoms with Gasteiger partial charge in [0.15, 0.2) is 0 Å². The second-order valence-electron chi connectivity index (χ2n) is 6.23. The molecule has 2 rings (SSSR count). The zero-order valence-electron chi connectivity index (χ0n) is 13.6. The fourth-order valence-corrected chi connectivity index (χ4v) is 3.08. The minimum absolute atomic E-state index is 0.645. The van der Waals surface area contributed by atoms with E-state index in [0.29, 0.717) is 6.04 Å². The fraction of sp³-hybridized carbons (Fsp3) is 0.706. The van der Waals surface area contributed by atoms with Crippen LogP contribution in [0.2, 0.25) is 0 Å². The molecule has 0 bridgehead atoms. The third kappa shape index (κ3) is 4.97. The number of methoxy groups -OCH3 is 1. The first-order valence-electron chi connectivity index (χ1n) is 8.08. The largest absolute Gasteiger partial charge is 0.383 e. The number of hydrogen-bond donors (Lipinski definition) is 1. The van der Waals surface area contributed by atoms with Crippen molar-refractivity contribution in [3.63, 3.8) is 0 Å². The molecule has 0 aliphatic heterocycles. The Morgan fingerprint density at radius 3 is 2.90 bits per heavy atom. The van der Waals surface area contributed by atoms with Crippen molar-refractivity contribution in [2.45, 2.75) is 45.2 Å². The van der Waals surface area contributed by atoms with Gasteiger partial charge in [-0.05, 0) is 30.4 Å². The zero-order valence-corrected chi connectivity index (χ0v) is 13.6. The molecule has 0 amide bonds. The summed E-state index contributed by atoms with van der Waals surface area (Å²) < 4.78 is 5.02. The number of rotatable bonds is 7. The Morgan fingerprint density at radius 2 is 2.24 bits per heavy atom. The molecule has 1 aromatic rings. The maximum atomic E-state index is 5.02. The van der Waals surface area contributed by atoms with Gasteiger partial charge in [0.1, 0.15) is 5.82 Å². The van der Waals surface area contributed by atoms with Gasteiger partial charge in [0.25, 0.3) is 0 Å². The highest BCUT2D eigenvalue weighted by Gasteiger charge is 2.23. The van der Waals surface area contributed by atoms with Crippen LogP contribution in [0.15, 0.2) is 18.3 Å². The van der Waals surface area contributed by atoms with Crippen LogP contribution in [0.4, 0.5) is 5.82 Å². The van der Waals surface area contributed by atoms with Gasteiger partial charge in [0.2, 0.25) is 0 Å². The topological polar surface area (TPSA) is 37.4 Å². The molecule has 1 aliphatic carbocycles. The van der Waals surface area contributed by atoms with Gasteiger partial charge in [-0.15, -0.1) is 0 Å². The van der Waals surface area contributed by atoms with E-state index in [0.717, 1.165) is 31.4 Å². The molecule has 1 fully saturated rings. The number of pyridine rings is 1. The molecular weight excluding hydrogens is 262 g/mol. The van der Waals surface area contributed by atoms with Gasteiger partial charge < -0.3 is 15.0 Å². The van der Waals surface area contributed by atoms with E-state index in [-0.39, 0.29) is 0 Å². The Balaban J connectivity index is 1.85. The average Bonchev–Trinajstić information content (AvgIpc) is 2.51. The van der Waals surface area contributed by atoms with Crippen molar-refractivity contribution in [1.29, 1.82) is 0 Å². The molecular formula is C17H29N3O. The summed E-state index contributed by atoms with van der Waals surface area (Å²) >= 11 is 0. The molecule has 0 spiro atoms. The third-order valence-corrected chi connectivity index (χ3v) is 4.44. The van der Waals surface area contributed by atoms with Crippen molar-refractivity contribution in [2.24, 2.45) is 5.92 Å². The number of nitrogens with zero attached hydrogens (tertiary/aromatic N) is 2. The van der Waals surface area contributed by atoms with Crippen molar-refractivity contribution >= 4 is 5.82 Å². The summed E-state index contributed by atoms with van der Waals surface area (Å²) in [6.45, 7) is 4.83. The molecule has 1 aromatic heterocycles. The summed E-state index contributed by atoms with van der Waals surface area (Å²) in [5.41, 5.74) is 1.22. The van der Waals surface area contributed by atoms with Crippen molar-refractivity contribution in [3.8, 4) is 0 Å². The Hall–Kier alpha value is -1.13. The number of aromatic nitrogens is 1. The summed E-state index contributed by atoms with van der Waals surface area (Å²) in [6, 6.07) is 4.96. The first-order valence-corrected chi connectivity index (χ1v) is 8.08. The highest BCUT2D eigenvalue weighted by molar-refractivity contribution is 5.39.